The van der Waals surface area contributed by atoms with Crippen LogP contribution in [0, 0.1) is 18.3 Å². The zero-order valence-electron chi connectivity index (χ0n) is 14.2. The van der Waals surface area contributed by atoms with Crippen molar-refractivity contribution in [3.63, 3.8) is 0 Å². The van der Waals surface area contributed by atoms with E-state index in [2.05, 4.69) is 11.4 Å². The Balaban J connectivity index is 2.26. The second-order valence-electron chi connectivity index (χ2n) is 5.21. The van der Waals surface area contributed by atoms with Crippen molar-refractivity contribution >= 4 is 5.91 Å². The molecule has 0 unspecified atom stereocenters. The second kappa shape index (κ2) is 7.55. The van der Waals surface area contributed by atoms with Crippen molar-refractivity contribution in [1.29, 1.82) is 5.26 Å². The Kier molecular flexibility index (Phi) is 5.48. The Bertz CT molecular complexity index is 774. The number of aryl methyl sites for hydroxylation is 2. The zero-order valence-corrected chi connectivity index (χ0v) is 14.2. The zero-order chi connectivity index (χ0) is 17.7. The topological polar surface area (TPSA) is 84.5 Å². The fourth-order valence-corrected chi connectivity index (χ4v) is 2.42. The third-order valence-corrected chi connectivity index (χ3v) is 3.72. The van der Waals surface area contributed by atoms with Gasteiger partial charge in [0.25, 0.3) is 5.91 Å². The second-order valence-corrected chi connectivity index (χ2v) is 5.21. The van der Waals surface area contributed by atoms with Crippen LogP contribution in [-0.2, 0) is 6.42 Å². The first-order valence-corrected chi connectivity index (χ1v) is 7.55. The molecule has 1 atom stereocenters. The fraction of sp³-hybridized carbons (Fsp3) is 0.333. The van der Waals surface area contributed by atoms with Gasteiger partial charge in [-0.1, -0.05) is 6.92 Å². The number of nitrogens with one attached hydrogen (secondary N) is 1. The highest BCUT2D eigenvalue weighted by Crippen LogP contribution is 2.29. The number of carbonyl (C=O) groups excluding carboxylic acids is 1. The van der Waals surface area contributed by atoms with E-state index in [0.717, 1.165) is 11.3 Å². The first-order valence-electron chi connectivity index (χ1n) is 7.55. The van der Waals surface area contributed by atoms with E-state index in [4.69, 9.17) is 13.9 Å². The molecule has 6 nitrogen and oxygen atoms in total. The maximum atomic E-state index is 12.4. The minimum absolute atomic E-state index is 0.192. The van der Waals surface area contributed by atoms with E-state index in [1.54, 1.807) is 31.4 Å². The van der Waals surface area contributed by atoms with E-state index in [1.165, 1.54) is 7.11 Å². The number of benzene rings is 1. The molecule has 0 saturated carbocycles. The van der Waals surface area contributed by atoms with Crippen LogP contribution in [0.3, 0.4) is 0 Å². The van der Waals surface area contributed by atoms with Crippen LogP contribution in [0.25, 0.3) is 0 Å². The van der Waals surface area contributed by atoms with Gasteiger partial charge in [0.2, 0.25) is 0 Å². The number of nitriles is 1. The molecule has 0 aliphatic heterocycles. The maximum absolute atomic E-state index is 12.4. The van der Waals surface area contributed by atoms with Gasteiger partial charge in [0.05, 0.1) is 20.3 Å². The van der Waals surface area contributed by atoms with Gasteiger partial charge in [0, 0.05) is 18.1 Å². The lowest BCUT2D eigenvalue weighted by Gasteiger charge is -2.15. The number of ether oxygens (including phenoxy) is 2. The van der Waals surface area contributed by atoms with Crippen molar-refractivity contribution in [2.45, 2.75) is 26.3 Å². The molecule has 1 aromatic carbocycles. The Morgan fingerprint density at radius 1 is 1.33 bits per heavy atom. The molecule has 0 saturated heterocycles. The van der Waals surface area contributed by atoms with E-state index in [9.17, 15) is 10.1 Å². The number of carbonyl (C=O) groups is 1. The molecule has 1 aromatic heterocycles. The molecule has 1 N–H and O–H groups in total. The monoisotopic (exact) mass is 328 g/mol. The Morgan fingerprint density at radius 2 is 2.08 bits per heavy atom. The first-order chi connectivity index (χ1) is 11.5. The molecule has 1 amide bonds. The van der Waals surface area contributed by atoms with Crippen LogP contribution in [0.5, 0.6) is 11.5 Å². The number of methoxy groups -OCH3 is 2. The number of furan rings is 1. The molecule has 2 aromatic rings. The summed E-state index contributed by atoms with van der Waals surface area (Å²) in [6.45, 7) is 3.83. The molecular weight excluding hydrogens is 308 g/mol. The largest absolute Gasteiger partial charge is 0.497 e. The molecule has 24 heavy (non-hydrogen) atoms. The third kappa shape index (κ3) is 3.51. The molecule has 6 heteroatoms. The third-order valence-electron chi connectivity index (χ3n) is 3.72. The molecule has 0 radical (unpaired) electrons. The summed E-state index contributed by atoms with van der Waals surface area (Å²) in [5.41, 5.74) is 1.46. The Labute approximate surface area is 141 Å². The highest BCUT2D eigenvalue weighted by Gasteiger charge is 2.22. The summed E-state index contributed by atoms with van der Waals surface area (Å²) < 4.78 is 16.0. The average molecular weight is 328 g/mol. The quantitative estimate of drug-likeness (QED) is 0.880. The summed E-state index contributed by atoms with van der Waals surface area (Å²) in [5.74, 6) is 1.58. The van der Waals surface area contributed by atoms with Gasteiger partial charge in [0.15, 0.2) is 5.76 Å². The first kappa shape index (κ1) is 17.4. The summed E-state index contributed by atoms with van der Waals surface area (Å²) >= 11 is 0. The normalized spacial score (nSPS) is 11.5. The summed E-state index contributed by atoms with van der Waals surface area (Å²) in [6, 6.07) is 7.94. The standard InChI is InChI=1S/C18H20N2O4/c1-5-15-11(2)8-17(24-15)18(21)20-14(10-19)13-7-6-12(22-3)9-16(13)23-4/h6-9,14H,5H2,1-4H3,(H,20,21)/t14-/m1/s1. The van der Waals surface area contributed by atoms with Crippen molar-refractivity contribution in [3.05, 3.63) is 46.9 Å². The summed E-state index contributed by atoms with van der Waals surface area (Å²) in [5, 5.41) is 12.1. The highest BCUT2D eigenvalue weighted by atomic mass is 16.5. The van der Waals surface area contributed by atoms with Gasteiger partial charge < -0.3 is 19.2 Å². The van der Waals surface area contributed by atoms with Crippen LogP contribution in [-0.4, -0.2) is 20.1 Å². The number of nitrogens with zero attached hydrogens (tertiary/aromatic N) is 1. The molecule has 0 aliphatic rings. The van der Waals surface area contributed by atoms with E-state index in [0.29, 0.717) is 23.5 Å². The van der Waals surface area contributed by atoms with Gasteiger partial charge in [-0.05, 0) is 30.7 Å². The summed E-state index contributed by atoms with van der Waals surface area (Å²) in [4.78, 5) is 12.4. The van der Waals surface area contributed by atoms with Gasteiger partial charge in [-0.25, -0.2) is 0 Å². The molecule has 0 bridgehead atoms. The lowest BCUT2D eigenvalue weighted by molar-refractivity contribution is 0.0915. The maximum Gasteiger partial charge on any atom is 0.288 e. The van der Waals surface area contributed by atoms with Crippen LogP contribution in [0.15, 0.2) is 28.7 Å². The predicted octanol–water partition coefficient (Wildman–Crippen LogP) is 3.16. The molecule has 0 aliphatic carbocycles. The van der Waals surface area contributed by atoms with Gasteiger partial charge in [-0.3, -0.25) is 4.79 Å². The minimum Gasteiger partial charge on any atom is -0.497 e. The van der Waals surface area contributed by atoms with Crippen LogP contribution < -0.4 is 14.8 Å². The van der Waals surface area contributed by atoms with Crippen molar-refractivity contribution in [1.82, 2.24) is 5.32 Å². The van der Waals surface area contributed by atoms with Crippen molar-refractivity contribution < 1.29 is 18.7 Å². The lowest BCUT2D eigenvalue weighted by Crippen LogP contribution is -2.27. The van der Waals surface area contributed by atoms with Gasteiger partial charge >= 0.3 is 0 Å². The van der Waals surface area contributed by atoms with Crippen molar-refractivity contribution in [2.24, 2.45) is 0 Å². The minimum atomic E-state index is -0.867. The molecule has 126 valence electrons. The van der Waals surface area contributed by atoms with E-state index in [-0.39, 0.29) is 5.76 Å². The molecule has 0 spiro atoms. The van der Waals surface area contributed by atoms with E-state index in [1.807, 2.05) is 13.8 Å². The predicted molar refractivity (Wildman–Crippen MR) is 88.2 cm³/mol. The molecule has 0 fully saturated rings. The highest BCUT2D eigenvalue weighted by molar-refractivity contribution is 5.92. The van der Waals surface area contributed by atoms with Crippen LogP contribution in [0.4, 0.5) is 0 Å². The van der Waals surface area contributed by atoms with Crippen LogP contribution in [0.2, 0.25) is 0 Å². The number of hydrogen-bond donors (Lipinski definition) is 1. The van der Waals surface area contributed by atoms with Crippen LogP contribution in [0.1, 0.15) is 40.4 Å². The number of hydrogen-bond acceptors (Lipinski definition) is 5. The van der Waals surface area contributed by atoms with Gasteiger partial charge in [-0.2, -0.15) is 5.26 Å². The molecule has 1 heterocycles. The smallest absolute Gasteiger partial charge is 0.288 e. The van der Waals surface area contributed by atoms with E-state index >= 15 is 0 Å². The number of amides is 1. The SMILES string of the molecule is CCc1oc(C(=O)N[C@H](C#N)c2ccc(OC)cc2OC)cc1C. The average Bonchev–Trinajstić information content (AvgIpc) is 3.00. The van der Waals surface area contributed by atoms with Crippen molar-refractivity contribution in [3.8, 4) is 17.6 Å². The fourth-order valence-electron chi connectivity index (χ4n) is 2.42. The Morgan fingerprint density at radius 3 is 2.62 bits per heavy atom. The lowest BCUT2D eigenvalue weighted by atomic mass is 10.1. The summed E-state index contributed by atoms with van der Waals surface area (Å²) in [6.07, 6.45) is 0.701. The van der Waals surface area contributed by atoms with Crippen molar-refractivity contribution in [2.75, 3.05) is 14.2 Å². The van der Waals surface area contributed by atoms with E-state index < -0.39 is 11.9 Å². The summed E-state index contributed by atoms with van der Waals surface area (Å²) in [7, 11) is 3.04. The Hall–Kier alpha value is -2.94. The van der Waals surface area contributed by atoms with Gasteiger partial charge in [0.1, 0.15) is 23.3 Å². The van der Waals surface area contributed by atoms with Gasteiger partial charge in [-0.15, -0.1) is 0 Å². The molecular formula is C18H20N2O4. The van der Waals surface area contributed by atoms with Crippen LogP contribution >= 0.6 is 0 Å². The number of rotatable bonds is 6. The molecule has 2 rings (SSSR count).